The van der Waals surface area contributed by atoms with Gasteiger partial charge in [0.05, 0.1) is 11.5 Å². The first-order valence-corrected chi connectivity index (χ1v) is 11.9. The number of piperidine rings is 1. The van der Waals surface area contributed by atoms with Gasteiger partial charge in [-0.25, -0.2) is 17.6 Å². The summed E-state index contributed by atoms with van der Waals surface area (Å²) < 4.78 is 45.2. The summed E-state index contributed by atoms with van der Waals surface area (Å²) in [5.74, 6) is 0.628. The van der Waals surface area contributed by atoms with Crippen molar-refractivity contribution in [3.8, 4) is 5.75 Å². The highest BCUT2D eigenvalue weighted by molar-refractivity contribution is 7.89. The smallest absolute Gasteiger partial charge is 0.319 e. The molecule has 2 aromatic rings. The van der Waals surface area contributed by atoms with E-state index in [-0.39, 0.29) is 10.9 Å². The molecule has 31 heavy (non-hydrogen) atoms. The Labute approximate surface area is 182 Å². The molecule has 168 valence electrons. The van der Waals surface area contributed by atoms with Gasteiger partial charge >= 0.3 is 6.03 Å². The van der Waals surface area contributed by atoms with E-state index in [9.17, 15) is 17.6 Å². The molecule has 3 rings (SSSR count). The number of carbonyl (C=O) groups excluding carboxylic acids is 1. The van der Waals surface area contributed by atoms with Crippen LogP contribution in [0.4, 0.5) is 14.9 Å². The Balaban J connectivity index is 1.39. The molecular formula is C22H28FN3O4S. The van der Waals surface area contributed by atoms with E-state index in [2.05, 4.69) is 10.6 Å². The second-order valence-electron chi connectivity index (χ2n) is 7.43. The molecule has 2 N–H and O–H groups in total. The second kappa shape index (κ2) is 10.6. The summed E-state index contributed by atoms with van der Waals surface area (Å²) in [7, 11) is -3.60. The number of anilines is 1. The average molecular weight is 450 g/mol. The third-order valence-corrected chi connectivity index (χ3v) is 7.20. The Bertz CT molecular complexity index is 957. The summed E-state index contributed by atoms with van der Waals surface area (Å²) in [6.07, 6.45) is 2.23. The summed E-state index contributed by atoms with van der Waals surface area (Å²) >= 11 is 0. The van der Waals surface area contributed by atoms with Gasteiger partial charge in [0.15, 0.2) is 0 Å². The van der Waals surface area contributed by atoms with Crippen molar-refractivity contribution in [2.45, 2.75) is 31.1 Å². The first kappa shape index (κ1) is 23.0. The molecule has 2 amide bonds. The molecule has 1 aliphatic rings. The summed E-state index contributed by atoms with van der Waals surface area (Å²) in [6.45, 7) is 3.85. The number of ether oxygens (including phenoxy) is 1. The third kappa shape index (κ3) is 6.41. The van der Waals surface area contributed by atoms with Crippen LogP contribution in [0.15, 0.2) is 53.4 Å². The number of hydrogen-bond donors (Lipinski definition) is 2. The summed E-state index contributed by atoms with van der Waals surface area (Å²) in [6, 6.07) is 11.8. The van der Waals surface area contributed by atoms with E-state index in [4.69, 9.17) is 4.74 Å². The van der Waals surface area contributed by atoms with E-state index in [1.807, 2.05) is 6.92 Å². The molecule has 0 atom stereocenters. The predicted molar refractivity (Wildman–Crippen MR) is 117 cm³/mol. The molecule has 7 nitrogen and oxygen atoms in total. The van der Waals surface area contributed by atoms with Crippen molar-refractivity contribution in [1.29, 1.82) is 0 Å². The minimum absolute atomic E-state index is 0.111. The number of nitrogens with one attached hydrogen (secondary N) is 2. The fourth-order valence-electron chi connectivity index (χ4n) is 3.56. The van der Waals surface area contributed by atoms with Gasteiger partial charge in [-0.1, -0.05) is 0 Å². The average Bonchev–Trinajstić information content (AvgIpc) is 2.76. The normalized spacial score (nSPS) is 15.4. The number of halogens is 1. The summed E-state index contributed by atoms with van der Waals surface area (Å²) in [5, 5.41) is 5.62. The number of sulfonamides is 1. The third-order valence-electron chi connectivity index (χ3n) is 5.29. The van der Waals surface area contributed by atoms with Gasteiger partial charge in [-0.3, -0.25) is 0 Å². The topological polar surface area (TPSA) is 87.7 Å². The first-order chi connectivity index (χ1) is 14.9. The van der Waals surface area contributed by atoms with Gasteiger partial charge in [-0.05, 0) is 80.6 Å². The maximum atomic E-state index is 13.1. The van der Waals surface area contributed by atoms with Gasteiger partial charge < -0.3 is 15.4 Å². The van der Waals surface area contributed by atoms with Crippen molar-refractivity contribution < 1.29 is 22.3 Å². The number of nitrogens with zero attached hydrogens (tertiary/aromatic N) is 1. The fourth-order valence-corrected chi connectivity index (χ4v) is 5.03. The van der Waals surface area contributed by atoms with Crippen LogP contribution < -0.4 is 15.4 Å². The van der Waals surface area contributed by atoms with E-state index in [1.54, 1.807) is 24.3 Å². The zero-order valence-electron chi connectivity index (χ0n) is 17.5. The van der Waals surface area contributed by atoms with Gasteiger partial charge in [-0.15, -0.1) is 0 Å². The Hall–Kier alpha value is -2.65. The number of hydrogen-bond acceptors (Lipinski definition) is 4. The van der Waals surface area contributed by atoms with E-state index in [1.165, 1.54) is 16.4 Å². The van der Waals surface area contributed by atoms with Crippen molar-refractivity contribution >= 4 is 21.7 Å². The van der Waals surface area contributed by atoms with Crippen molar-refractivity contribution in [2.75, 3.05) is 31.6 Å². The van der Waals surface area contributed by atoms with Gasteiger partial charge in [0.1, 0.15) is 11.6 Å². The lowest BCUT2D eigenvalue weighted by atomic mass is 9.95. The highest BCUT2D eigenvalue weighted by Gasteiger charge is 2.29. The molecule has 1 fully saturated rings. The molecule has 1 heterocycles. The van der Waals surface area contributed by atoms with Crippen LogP contribution in [0, 0.1) is 11.7 Å². The first-order valence-electron chi connectivity index (χ1n) is 10.4. The van der Waals surface area contributed by atoms with Crippen LogP contribution in [-0.4, -0.2) is 45.0 Å². The van der Waals surface area contributed by atoms with Crippen molar-refractivity contribution in [3.05, 3.63) is 54.3 Å². The number of amides is 2. The molecule has 1 aliphatic heterocycles. The number of carbonyl (C=O) groups is 1. The van der Waals surface area contributed by atoms with Crippen LogP contribution in [0.3, 0.4) is 0 Å². The van der Waals surface area contributed by atoms with Crippen LogP contribution in [0.1, 0.15) is 26.2 Å². The predicted octanol–water partition coefficient (Wildman–Crippen LogP) is 3.84. The minimum atomic E-state index is -3.60. The van der Waals surface area contributed by atoms with Crippen LogP contribution in [-0.2, 0) is 10.0 Å². The molecule has 1 saturated heterocycles. The largest absolute Gasteiger partial charge is 0.494 e. The summed E-state index contributed by atoms with van der Waals surface area (Å²) in [4.78, 5) is 12.2. The molecular weight excluding hydrogens is 421 g/mol. The molecule has 0 unspecified atom stereocenters. The van der Waals surface area contributed by atoms with Crippen LogP contribution in [0.5, 0.6) is 5.75 Å². The number of rotatable bonds is 8. The fraction of sp³-hybridized carbons (Fsp3) is 0.409. The SMILES string of the molecule is CCOc1ccc(NC(=O)NCCC2CCN(S(=O)(=O)c3ccc(F)cc3)CC2)cc1. The zero-order valence-corrected chi connectivity index (χ0v) is 18.3. The number of benzene rings is 2. The molecule has 0 saturated carbocycles. The van der Waals surface area contributed by atoms with Crippen molar-refractivity contribution in [1.82, 2.24) is 9.62 Å². The lowest BCUT2D eigenvalue weighted by Crippen LogP contribution is -2.39. The zero-order chi connectivity index (χ0) is 22.3. The molecule has 0 radical (unpaired) electrons. The van der Waals surface area contributed by atoms with Gasteiger partial charge in [0.2, 0.25) is 10.0 Å². The number of urea groups is 1. The Kier molecular flexibility index (Phi) is 7.86. The maximum Gasteiger partial charge on any atom is 0.319 e. The second-order valence-corrected chi connectivity index (χ2v) is 9.37. The summed E-state index contributed by atoms with van der Waals surface area (Å²) in [5.41, 5.74) is 0.681. The molecule has 0 aliphatic carbocycles. The van der Waals surface area contributed by atoms with Crippen LogP contribution in [0.25, 0.3) is 0 Å². The highest BCUT2D eigenvalue weighted by Crippen LogP contribution is 2.25. The standard InChI is InChI=1S/C22H28FN3O4S/c1-2-30-20-7-5-19(6-8-20)25-22(27)24-14-11-17-12-15-26(16-13-17)31(28,29)21-9-3-18(23)4-10-21/h3-10,17H,2,11-16H2,1H3,(H2,24,25,27). The van der Waals surface area contributed by atoms with E-state index >= 15 is 0 Å². The van der Waals surface area contributed by atoms with Gasteiger partial charge in [-0.2, -0.15) is 4.31 Å². The molecule has 0 bridgehead atoms. The van der Waals surface area contributed by atoms with Crippen LogP contribution >= 0.6 is 0 Å². The van der Waals surface area contributed by atoms with Crippen LogP contribution in [0.2, 0.25) is 0 Å². The molecule has 9 heteroatoms. The Morgan fingerprint density at radius 3 is 2.35 bits per heavy atom. The molecule has 0 spiro atoms. The van der Waals surface area contributed by atoms with E-state index in [0.29, 0.717) is 37.8 Å². The Morgan fingerprint density at radius 1 is 1.10 bits per heavy atom. The van der Waals surface area contributed by atoms with E-state index in [0.717, 1.165) is 37.1 Å². The lowest BCUT2D eigenvalue weighted by Gasteiger charge is -2.31. The maximum absolute atomic E-state index is 13.1. The lowest BCUT2D eigenvalue weighted by molar-refractivity contribution is 0.245. The van der Waals surface area contributed by atoms with E-state index < -0.39 is 15.8 Å². The van der Waals surface area contributed by atoms with Crippen molar-refractivity contribution in [2.24, 2.45) is 5.92 Å². The van der Waals surface area contributed by atoms with Gasteiger partial charge in [0, 0.05) is 25.3 Å². The monoisotopic (exact) mass is 449 g/mol. The Morgan fingerprint density at radius 2 is 1.74 bits per heavy atom. The molecule has 0 aromatic heterocycles. The minimum Gasteiger partial charge on any atom is -0.494 e. The quantitative estimate of drug-likeness (QED) is 0.641. The van der Waals surface area contributed by atoms with Gasteiger partial charge in [0.25, 0.3) is 0 Å². The van der Waals surface area contributed by atoms with Crippen molar-refractivity contribution in [3.63, 3.8) is 0 Å². The molecule has 2 aromatic carbocycles. The highest BCUT2D eigenvalue weighted by atomic mass is 32.2.